The minimum absolute atomic E-state index is 0.0971. The first-order chi connectivity index (χ1) is 15.6. The van der Waals surface area contributed by atoms with Gasteiger partial charge in [0.25, 0.3) is 5.56 Å². The number of nitrogens with one attached hydrogen (secondary N) is 1. The average molecular weight is 462 g/mol. The number of hydrogen-bond donors (Lipinski definition) is 1. The number of thioether (sulfide) groups is 1. The van der Waals surface area contributed by atoms with Crippen molar-refractivity contribution < 1.29 is 4.79 Å². The van der Waals surface area contributed by atoms with Gasteiger partial charge in [-0.25, -0.2) is 4.98 Å². The van der Waals surface area contributed by atoms with Gasteiger partial charge in [0.15, 0.2) is 5.16 Å². The van der Waals surface area contributed by atoms with E-state index in [1.54, 1.807) is 10.6 Å². The summed E-state index contributed by atoms with van der Waals surface area (Å²) in [6.07, 6.45) is 1.64. The van der Waals surface area contributed by atoms with E-state index in [1.807, 2.05) is 73.0 Å². The molecule has 4 rings (SSSR count). The number of aromatic nitrogens is 2. The smallest absolute Gasteiger partial charge is 0.263 e. The Morgan fingerprint density at radius 2 is 1.88 bits per heavy atom. The predicted molar refractivity (Wildman–Crippen MR) is 133 cm³/mol. The Kier molecular flexibility index (Phi) is 6.87. The molecule has 1 atom stereocenters. The van der Waals surface area contributed by atoms with Crippen molar-refractivity contribution in [2.75, 3.05) is 6.54 Å². The van der Waals surface area contributed by atoms with Crippen molar-refractivity contribution in [2.45, 2.75) is 23.9 Å². The molecule has 0 saturated carbocycles. The van der Waals surface area contributed by atoms with E-state index < -0.39 is 5.25 Å². The zero-order valence-electron chi connectivity index (χ0n) is 17.7. The molecule has 0 aliphatic carbocycles. The first-order valence-electron chi connectivity index (χ1n) is 10.2. The molecule has 0 aliphatic rings. The third kappa shape index (κ3) is 4.69. The van der Waals surface area contributed by atoms with E-state index in [0.717, 1.165) is 16.7 Å². The fourth-order valence-corrected chi connectivity index (χ4v) is 5.28. The molecule has 5 nitrogen and oxygen atoms in total. The first-order valence-corrected chi connectivity index (χ1v) is 12.0. The molecule has 2 aromatic carbocycles. The number of amides is 1. The molecule has 0 aliphatic heterocycles. The normalized spacial score (nSPS) is 11.9. The van der Waals surface area contributed by atoms with Crippen molar-refractivity contribution in [3.05, 3.63) is 94.6 Å². The van der Waals surface area contributed by atoms with E-state index >= 15 is 0 Å². The van der Waals surface area contributed by atoms with E-state index in [2.05, 4.69) is 11.9 Å². The lowest BCUT2D eigenvalue weighted by molar-refractivity contribution is -0.120. The van der Waals surface area contributed by atoms with Crippen molar-refractivity contribution in [1.29, 1.82) is 0 Å². The molecular weight excluding hydrogens is 438 g/mol. The Hall–Kier alpha value is -3.16. The van der Waals surface area contributed by atoms with Crippen LogP contribution in [0.1, 0.15) is 12.5 Å². The van der Waals surface area contributed by atoms with Crippen LogP contribution in [0.5, 0.6) is 0 Å². The van der Waals surface area contributed by atoms with Gasteiger partial charge in [-0.2, -0.15) is 0 Å². The Balaban J connectivity index is 1.81. The SMILES string of the molecule is C=CCNC(=O)[C@@H](C)Sc1nc2scc(-c3ccccc3)c2c(=O)n1Cc1ccccc1. The zero-order valence-corrected chi connectivity index (χ0v) is 19.3. The van der Waals surface area contributed by atoms with Crippen LogP contribution in [0, 0.1) is 0 Å². The fraction of sp³-hybridized carbons (Fsp3) is 0.160. The van der Waals surface area contributed by atoms with E-state index in [-0.39, 0.29) is 11.5 Å². The maximum Gasteiger partial charge on any atom is 0.263 e. The van der Waals surface area contributed by atoms with Gasteiger partial charge in [-0.1, -0.05) is 78.5 Å². The summed E-state index contributed by atoms with van der Waals surface area (Å²) in [4.78, 5) is 31.7. The van der Waals surface area contributed by atoms with Gasteiger partial charge in [0.1, 0.15) is 4.83 Å². The third-order valence-corrected chi connectivity index (χ3v) is 6.96. The quantitative estimate of drug-likeness (QED) is 0.229. The Morgan fingerprint density at radius 1 is 1.19 bits per heavy atom. The van der Waals surface area contributed by atoms with Crippen LogP contribution in [0.25, 0.3) is 21.3 Å². The minimum atomic E-state index is -0.408. The molecule has 1 amide bonds. The summed E-state index contributed by atoms with van der Waals surface area (Å²) in [6, 6.07) is 19.7. The molecule has 0 unspecified atom stereocenters. The molecule has 4 aromatic rings. The molecule has 0 bridgehead atoms. The largest absolute Gasteiger partial charge is 0.352 e. The summed E-state index contributed by atoms with van der Waals surface area (Å²) in [5.41, 5.74) is 2.78. The summed E-state index contributed by atoms with van der Waals surface area (Å²) in [5, 5.41) is 5.54. The summed E-state index contributed by atoms with van der Waals surface area (Å²) in [7, 11) is 0. The van der Waals surface area contributed by atoms with Crippen molar-refractivity contribution in [1.82, 2.24) is 14.9 Å². The number of hydrogen-bond acceptors (Lipinski definition) is 5. The molecule has 7 heteroatoms. The van der Waals surface area contributed by atoms with Gasteiger partial charge < -0.3 is 5.32 Å². The summed E-state index contributed by atoms with van der Waals surface area (Å²) in [5.74, 6) is -0.119. The highest BCUT2D eigenvalue weighted by Gasteiger charge is 2.21. The van der Waals surface area contributed by atoms with Crippen LogP contribution in [0.2, 0.25) is 0 Å². The zero-order chi connectivity index (χ0) is 22.5. The molecule has 32 heavy (non-hydrogen) atoms. The van der Waals surface area contributed by atoms with E-state index in [9.17, 15) is 9.59 Å². The van der Waals surface area contributed by atoms with Crippen LogP contribution in [-0.4, -0.2) is 27.3 Å². The number of rotatable bonds is 8. The molecule has 1 N–H and O–H groups in total. The van der Waals surface area contributed by atoms with Crippen molar-refractivity contribution in [2.24, 2.45) is 0 Å². The fourth-order valence-electron chi connectivity index (χ4n) is 3.36. The van der Waals surface area contributed by atoms with Crippen LogP contribution in [0.4, 0.5) is 0 Å². The van der Waals surface area contributed by atoms with Crippen LogP contribution >= 0.6 is 23.1 Å². The monoisotopic (exact) mass is 461 g/mol. The van der Waals surface area contributed by atoms with E-state index in [1.165, 1.54) is 23.1 Å². The van der Waals surface area contributed by atoms with Crippen LogP contribution in [0.15, 0.2) is 88.6 Å². The summed E-state index contributed by atoms with van der Waals surface area (Å²) in [6.45, 7) is 6.23. The molecule has 0 saturated heterocycles. The maximum atomic E-state index is 13.7. The maximum absolute atomic E-state index is 13.7. The molecule has 0 spiro atoms. The highest BCUT2D eigenvalue weighted by atomic mass is 32.2. The van der Waals surface area contributed by atoms with Crippen molar-refractivity contribution in [3.63, 3.8) is 0 Å². The second kappa shape index (κ2) is 9.97. The average Bonchev–Trinajstić information content (AvgIpc) is 3.25. The van der Waals surface area contributed by atoms with Crippen LogP contribution < -0.4 is 10.9 Å². The molecule has 2 aromatic heterocycles. The topological polar surface area (TPSA) is 64.0 Å². The molecule has 0 fully saturated rings. The minimum Gasteiger partial charge on any atom is -0.352 e. The van der Waals surface area contributed by atoms with Gasteiger partial charge >= 0.3 is 0 Å². The molecule has 162 valence electrons. The number of thiophene rings is 1. The molecule has 0 radical (unpaired) electrons. The standard InChI is InChI=1S/C25H23N3O2S2/c1-3-14-26-22(29)17(2)32-25-27-23-21(20(16-31-23)19-12-8-5-9-13-19)24(30)28(25)15-18-10-6-4-7-11-18/h3-13,16-17H,1,14-15H2,2H3,(H,26,29)/t17-/m1/s1. The van der Waals surface area contributed by atoms with Crippen LogP contribution in [-0.2, 0) is 11.3 Å². The second-order valence-corrected chi connectivity index (χ2v) is 9.43. The van der Waals surface area contributed by atoms with Gasteiger partial charge in [-0.15, -0.1) is 17.9 Å². The molecular formula is C25H23N3O2S2. The number of carbonyl (C=O) groups is 1. The lowest BCUT2D eigenvalue weighted by Crippen LogP contribution is -2.32. The number of fused-ring (bicyclic) bond motifs is 1. The Morgan fingerprint density at radius 3 is 2.56 bits per heavy atom. The lowest BCUT2D eigenvalue weighted by Gasteiger charge is -2.16. The van der Waals surface area contributed by atoms with Gasteiger partial charge in [0.05, 0.1) is 17.2 Å². The Bertz CT molecular complexity index is 1300. The van der Waals surface area contributed by atoms with Crippen molar-refractivity contribution >= 4 is 39.2 Å². The highest BCUT2D eigenvalue weighted by Crippen LogP contribution is 2.33. The summed E-state index contributed by atoms with van der Waals surface area (Å²) < 4.78 is 1.68. The predicted octanol–water partition coefficient (Wildman–Crippen LogP) is 4.96. The highest BCUT2D eigenvalue weighted by molar-refractivity contribution is 8.00. The van der Waals surface area contributed by atoms with Gasteiger partial charge in [0.2, 0.25) is 5.91 Å². The number of carbonyl (C=O) groups excluding carboxylic acids is 1. The number of nitrogens with zero attached hydrogens (tertiary/aromatic N) is 2. The van der Waals surface area contributed by atoms with Gasteiger partial charge in [-0.05, 0) is 18.1 Å². The first kappa shape index (κ1) is 22.0. The number of benzene rings is 2. The van der Waals surface area contributed by atoms with E-state index in [4.69, 9.17) is 4.98 Å². The van der Waals surface area contributed by atoms with E-state index in [0.29, 0.717) is 28.5 Å². The lowest BCUT2D eigenvalue weighted by atomic mass is 10.1. The van der Waals surface area contributed by atoms with Gasteiger partial charge in [-0.3, -0.25) is 14.2 Å². The van der Waals surface area contributed by atoms with Gasteiger partial charge in [0, 0.05) is 17.5 Å². The van der Waals surface area contributed by atoms with Crippen molar-refractivity contribution in [3.8, 4) is 11.1 Å². The Labute approximate surface area is 194 Å². The van der Waals surface area contributed by atoms with Crippen LogP contribution in [0.3, 0.4) is 0 Å². The molecule has 2 heterocycles. The second-order valence-electron chi connectivity index (χ2n) is 7.26. The summed E-state index contributed by atoms with van der Waals surface area (Å²) >= 11 is 2.74. The third-order valence-electron chi connectivity index (χ3n) is 5.00.